The van der Waals surface area contributed by atoms with E-state index in [0.29, 0.717) is 0 Å². The molecule has 0 fully saturated rings. The predicted octanol–water partition coefficient (Wildman–Crippen LogP) is 5.29. The molecule has 3 N–H and O–H groups in total. The first-order chi connectivity index (χ1) is 12.3. The van der Waals surface area contributed by atoms with E-state index in [0.717, 1.165) is 36.5 Å². The molecule has 4 nitrogen and oxygen atoms in total. The third-order valence-corrected chi connectivity index (χ3v) is 4.95. The number of rotatable bonds is 8. The van der Waals surface area contributed by atoms with Crippen molar-refractivity contribution in [3.63, 3.8) is 0 Å². The molecule has 2 aromatic heterocycles. The number of hydrogen-bond donors (Lipinski definition) is 3. The fraction of sp³-hybridized carbons (Fsp3) is 0.250. The first-order valence-electron chi connectivity index (χ1n) is 8.56. The second-order valence-electron chi connectivity index (χ2n) is 5.81. The number of allylic oxidation sites excluding steroid dienone is 2. The molecule has 130 valence electrons. The fourth-order valence-electron chi connectivity index (χ4n) is 2.72. The molecule has 5 heteroatoms. The Kier molecular flexibility index (Phi) is 5.90. The van der Waals surface area contributed by atoms with Crippen molar-refractivity contribution >= 4 is 39.1 Å². The van der Waals surface area contributed by atoms with E-state index in [1.54, 1.807) is 18.4 Å². The highest BCUT2D eigenvalue weighted by molar-refractivity contribution is 7.16. The molecule has 1 aromatic carbocycles. The summed E-state index contributed by atoms with van der Waals surface area (Å²) >= 11 is 1.76. The SMILES string of the molecule is CC/C(=C\C=NC)Nc1ccc(NCCc2c[nH]c3sccc23)cc1. The van der Waals surface area contributed by atoms with Crippen LogP contribution in [0.4, 0.5) is 11.4 Å². The van der Waals surface area contributed by atoms with Gasteiger partial charge in [0.1, 0.15) is 0 Å². The van der Waals surface area contributed by atoms with Crippen molar-refractivity contribution < 1.29 is 0 Å². The van der Waals surface area contributed by atoms with Gasteiger partial charge < -0.3 is 15.6 Å². The third kappa shape index (κ3) is 4.51. The van der Waals surface area contributed by atoms with Gasteiger partial charge in [-0.3, -0.25) is 4.99 Å². The topological polar surface area (TPSA) is 52.2 Å². The average Bonchev–Trinajstić information content (AvgIpc) is 3.24. The van der Waals surface area contributed by atoms with Crippen molar-refractivity contribution in [2.24, 2.45) is 4.99 Å². The standard InChI is InChI=1S/C20H24N4S/c1-3-16(9-11-21-2)24-18-6-4-17(5-7-18)22-12-8-15-14-23-20-19(15)10-13-25-20/h4-7,9-11,13-14,22-24H,3,8,12H2,1-2H3/b16-9+,21-11?. The van der Waals surface area contributed by atoms with Gasteiger partial charge in [0.15, 0.2) is 0 Å². The van der Waals surface area contributed by atoms with Gasteiger partial charge in [-0.1, -0.05) is 6.92 Å². The van der Waals surface area contributed by atoms with Crippen LogP contribution in [0.3, 0.4) is 0 Å². The minimum absolute atomic E-state index is 0.919. The minimum Gasteiger partial charge on any atom is -0.385 e. The summed E-state index contributed by atoms with van der Waals surface area (Å²) in [6, 6.07) is 10.6. The maximum absolute atomic E-state index is 4.00. The summed E-state index contributed by atoms with van der Waals surface area (Å²) < 4.78 is 0. The number of aromatic amines is 1. The van der Waals surface area contributed by atoms with Crippen LogP contribution in [0, 0.1) is 0 Å². The van der Waals surface area contributed by atoms with Gasteiger partial charge in [-0.05, 0) is 60.2 Å². The van der Waals surface area contributed by atoms with Crippen molar-refractivity contribution in [3.8, 4) is 0 Å². The molecule has 3 aromatic rings. The molecule has 0 aliphatic heterocycles. The minimum atomic E-state index is 0.919. The zero-order valence-electron chi connectivity index (χ0n) is 14.7. The van der Waals surface area contributed by atoms with Gasteiger partial charge in [-0.2, -0.15) is 0 Å². The van der Waals surface area contributed by atoms with Crippen molar-refractivity contribution in [2.75, 3.05) is 24.2 Å². The number of fused-ring (bicyclic) bond motifs is 1. The van der Waals surface area contributed by atoms with Crippen LogP contribution in [-0.4, -0.2) is 24.8 Å². The van der Waals surface area contributed by atoms with Crippen LogP contribution in [0.25, 0.3) is 10.2 Å². The van der Waals surface area contributed by atoms with Crippen LogP contribution in [-0.2, 0) is 6.42 Å². The lowest BCUT2D eigenvalue weighted by Crippen LogP contribution is -2.04. The van der Waals surface area contributed by atoms with E-state index >= 15 is 0 Å². The molecule has 2 heterocycles. The van der Waals surface area contributed by atoms with E-state index in [1.165, 1.54) is 15.8 Å². The fourth-order valence-corrected chi connectivity index (χ4v) is 3.52. The second-order valence-corrected chi connectivity index (χ2v) is 6.73. The molecule has 25 heavy (non-hydrogen) atoms. The molecule has 3 rings (SSSR count). The number of H-pyrrole nitrogens is 1. The number of thiophene rings is 1. The summed E-state index contributed by atoms with van der Waals surface area (Å²) in [5, 5.41) is 10.4. The lowest BCUT2D eigenvalue weighted by atomic mass is 10.2. The normalized spacial score (nSPS) is 12.2. The summed E-state index contributed by atoms with van der Waals surface area (Å²) in [4.78, 5) is 8.59. The van der Waals surface area contributed by atoms with Crippen LogP contribution < -0.4 is 10.6 Å². The van der Waals surface area contributed by atoms with Crippen LogP contribution >= 0.6 is 11.3 Å². The van der Waals surface area contributed by atoms with E-state index in [1.807, 2.05) is 12.3 Å². The van der Waals surface area contributed by atoms with Crippen LogP contribution in [0.2, 0.25) is 0 Å². The van der Waals surface area contributed by atoms with Gasteiger partial charge >= 0.3 is 0 Å². The average molecular weight is 353 g/mol. The van der Waals surface area contributed by atoms with Gasteiger partial charge in [0.25, 0.3) is 0 Å². The number of aromatic nitrogens is 1. The number of nitrogens with zero attached hydrogens (tertiary/aromatic N) is 1. The summed E-state index contributed by atoms with van der Waals surface area (Å²) in [5.41, 5.74) is 4.75. The third-order valence-electron chi connectivity index (χ3n) is 4.11. The predicted molar refractivity (Wildman–Crippen MR) is 111 cm³/mol. The van der Waals surface area contributed by atoms with Crippen molar-refractivity contribution in [2.45, 2.75) is 19.8 Å². The van der Waals surface area contributed by atoms with E-state index in [9.17, 15) is 0 Å². The zero-order chi connectivity index (χ0) is 17.5. The monoisotopic (exact) mass is 352 g/mol. The second kappa shape index (κ2) is 8.53. The highest BCUT2D eigenvalue weighted by atomic mass is 32.1. The molecule has 0 atom stereocenters. The van der Waals surface area contributed by atoms with E-state index in [4.69, 9.17) is 0 Å². The lowest BCUT2D eigenvalue weighted by Gasteiger charge is -2.10. The molecular weight excluding hydrogens is 328 g/mol. The molecule has 0 amide bonds. The van der Waals surface area contributed by atoms with Crippen LogP contribution in [0.5, 0.6) is 0 Å². The van der Waals surface area contributed by atoms with Crippen LogP contribution in [0.15, 0.2) is 58.7 Å². The summed E-state index contributed by atoms with van der Waals surface area (Å²) in [7, 11) is 1.78. The van der Waals surface area contributed by atoms with Gasteiger partial charge in [0.05, 0.1) is 4.83 Å². The number of benzene rings is 1. The smallest absolute Gasteiger partial charge is 0.0999 e. The zero-order valence-corrected chi connectivity index (χ0v) is 15.5. The molecule has 0 saturated heterocycles. The molecular formula is C20H24N4S. The van der Waals surface area contributed by atoms with Gasteiger partial charge in [-0.15, -0.1) is 11.3 Å². The quantitative estimate of drug-likeness (QED) is 0.482. The number of nitrogens with one attached hydrogen (secondary N) is 3. The highest BCUT2D eigenvalue weighted by Crippen LogP contribution is 2.23. The Labute approximate surface area is 152 Å². The Morgan fingerprint density at radius 2 is 2.00 bits per heavy atom. The maximum atomic E-state index is 4.00. The summed E-state index contributed by atoms with van der Waals surface area (Å²) in [5.74, 6) is 0. The molecule has 0 radical (unpaired) electrons. The van der Waals surface area contributed by atoms with Gasteiger partial charge in [0, 0.05) is 48.5 Å². The largest absolute Gasteiger partial charge is 0.385 e. The highest BCUT2D eigenvalue weighted by Gasteiger charge is 2.04. The maximum Gasteiger partial charge on any atom is 0.0999 e. The number of hydrogen-bond acceptors (Lipinski definition) is 4. The van der Waals surface area contributed by atoms with E-state index in [-0.39, 0.29) is 0 Å². The lowest BCUT2D eigenvalue weighted by molar-refractivity contribution is 1.03. The van der Waals surface area contributed by atoms with Gasteiger partial charge in [0.2, 0.25) is 0 Å². The molecule has 0 spiro atoms. The molecule has 0 unspecified atom stereocenters. The molecule has 0 saturated carbocycles. The van der Waals surface area contributed by atoms with E-state index in [2.05, 4.69) is 69.4 Å². The van der Waals surface area contributed by atoms with E-state index < -0.39 is 0 Å². The Balaban J connectivity index is 1.53. The van der Waals surface area contributed by atoms with Gasteiger partial charge in [-0.25, -0.2) is 0 Å². The Morgan fingerprint density at radius 3 is 2.76 bits per heavy atom. The summed E-state index contributed by atoms with van der Waals surface area (Å²) in [6.07, 6.45) is 7.89. The van der Waals surface area contributed by atoms with Crippen molar-refractivity contribution in [1.82, 2.24) is 4.98 Å². The van der Waals surface area contributed by atoms with Crippen LogP contribution in [0.1, 0.15) is 18.9 Å². The first kappa shape index (κ1) is 17.3. The summed E-state index contributed by atoms with van der Waals surface area (Å²) in [6.45, 7) is 3.05. The molecule has 0 aliphatic carbocycles. The number of anilines is 2. The molecule has 0 bridgehead atoms. The van der Waals surface area contributed by atoms with Crippen molar-refractivity contribution in [3.05, 3.63) is 59.2 Å². The Bertz CT molecular complexity index is 855. The number of aliphatic imine (C=N–C) groups is 1. The Morgan fingerprint density at radius 1 is 1.20 bits per heavy atom. The van der Waals surface area contributed by atoms with Crippen molar-refractivity contribution in [1.29, 1.82) is 0 Å². The first-order valence-corrected chi connectivity index (χ1v) is 9.44. The Hall–Kier alpha value is -2.53. The molecule has 0 aliphatic rings.